The highest BCUT2D eigenvalue weighted by atomic mass is 35.5. The summed E-state index contributed by atoms with van der Waals surface area (Å²) in [7, 11) is 0. The molecule has 0 fully saturated rings. The first kappa shape index (κ1) is 22.1. The second-order valence-electron chi connectivity index (χ2n) is 9.06. The van der Waals surface area contributed by atoms with E-state index in [1.807, 2.05) is 18.2 Å². The van der Waals surface area contributed by atoms with Crippen molar-refractivity contribution in [2.45, 2.75) is 39.2 Å². The molecule has 4 aromatic rings. The molecule has 0 aliphatic carbocycles. The van der Waals surface area contributed by atoms with Gasteiger partial charge >= 0.3 is 0 Å². The normalized spacial score (nSPS) is 11.6. The van der Waals surface area contributed by atoms with Gasteiger partial charge in [0.25, 0.3) is 5.91 Å². The van der Waals surface area contributed by atoms with Gasteiger partial charge in [-0.25, -0.2) is 4.98 Å². The smallest absolute Gasteiger partial charge is 0.251 e. The van der Waals surface area contributed by atoms with Crippen LogP contribution in [0.4, 0.5) is 0 Å². The standard InChI is InChI=1S/C27H28ClN3O/c1-27(2,3)21-12-8-19(9-13-21)18-31-24-7-5-4-6-23(24)30-25(31)16-17-29-26(32)20-10-14-22(28)15-11-20/h4-15H,16-18H2,1-3H3,(H,29,32). The molecule has 0 spiro atoms. The molecule has 4 nitrogen and oxygen atoms in total. The van der Waals surface area contributed by atoms with Crippen LogP contribution in [0, 0.1) is 0 Å². The molecule has 164 valence electrons. The second-order valence-corrected chi connectivity index (χ2v) is 9.50. The summed E-state index contributed by atoms with van der Waals surface area (Å²) in [6.45, 7) is 7.92. The molecule has 0 bridgehead atoms. The minimum Gasteiger partial charge on any atom is -0.352 e. The fourth-order valence-corrected chi connectivity index (χ4v) is 3.90. The average Bonchev–Trinajstić information content (AvgIpc) is 3.11. The quantitative estimate of drug-likeness (QED) is 0.395. The summed E-state index contributed by atoms with van der Waals surface area (Å²) >= 11 is 5.91. The van der Waals surface area contributed by atoms with Crippen LogP contribution in [0.15, 0.2) is 72.8 Å². The molecular formula is C27H28ClN3O. The number of imidazole rings is 1. The minimum atomic E-state index is -0.109. The Morgan fingerprint density at radius 1 is 0.969 bits per heavy atom. The number of benzene rings is 3. The molecule has 0 aliphatic rings. The Morgan fingerprint density at radius 3 is 2.34 bits per heavy atom. The Hall–Kier alpha value is -3.11. The number of carbonyl (C=O) groups is 1. The van der Waals surface area contributed by atoms with Crippen molar-refractivity contribution in [3.8, 4) is 0 Å². The summed E-state index contributed by atoms with van der Waals surface area (Å²) in [5.41, 5.74) is 5.36. The second kappa shape index (κ2) is 9.17. The van der Waals surface area contributed by atoms with Gasteiger partial charge < -0.3 is 9.88 Å². The number of fused-ring (bicyclic) bond motifs is 1. The lowest BCUT2D eigenvalue weighted by Gasteiger charge is -2.19. The molecule has 32 heavy (non-hydrogen) atoms. The number of rotatable bonds is 6. The van der Waals surface area contributed by atoms with Crippen molar-refractivity contribution in [3.63, 3.8) is 0 Å². The Labute approximate surface area is 194 Å². The highest BCUT2D eigenvalue weighted by Crippen LogP contribution is 2.23. The maximum absolute atomic E-state index is 12.4. The number of hydrogen-bond donors (Lipinski definition) is 1. The average molecular weight is 446 g/mol. The number of para-hydroxylation sites is 2. The first-order valence-electron chi connectivity index (χ1n) is 10.9. The predicted molar refractivity (Wildman–Crippen MR) is 131 cm³/mol. The maximum Gasteiger partial charge on any atom is 0.251 e. The van der Waals surface area contributed by atoms with Gasteiger partial charge in [0.05, 0.1) is 11.0 Å². The van der Waals surface area contributed by atoms with Gasteiger partial charge in [-0.2, -0.15) is 0 Å². The fraction of sp³-hybridized carbons (Fsp3) is 0.259. The van der Waals surface area contributed by atoms with Crippen LogP contribution in [0.25, 0.3) is 11.0 Å². The Morgan fingerprint density at radius 2 is 1.66 bits per heavy atom. The number of nitrogens with zero attached hydrogens (tertiary/aromatic N) is 2. The van der Waals surface area contributed by atoms with E-state index in [0.717, 1.165) is 23.4 Å². The molecule has 1 N–H and O–H groups in total. The lowest BCUT2D eigenvalue weighted by molar-refractivity contribution is 0.0954. The summed E-state index contributed by atoms with van der Waals surface area (Å²) in [5, 5.41) is 3.61. The number of carbonyl (C=O) groups excluding carboxylic acids is 1. The van der Waals surface area contributed by atoms with E-state index >= 15 is 0 Å². The Kier molecular flexibility index (Phi) is 6.33. The first-order valence-corrected chi connectivity index (χ1v) is 11.3. The van der Waals surface area contributed by atoms with E-state index in [2.05, 4.69) is 61.0 Å². The van der Waals surface area contributed by atoms with Crippen LogP contribution in [-0.4, -0.2) is 22.0 Å². The third-order valence-corrected chi connectivity index (χ3v) is 5.89. The number of amides is 1. The van der Waals surface area contributed by atoms with Crippen LogP contribution >= 0.6 is 11.6 Å². The van der Waals surface area contributed by atoms with Gasteiger partial charge in [-0.3, -0.25) is 4.79 Å². The third kappa shape index (κ3) is 5.03. The molecule has 0 unspecified atom stereocenters. The van der Waals surface area contributed by atoms with Crippen molar-refractivity contribution in [2.24, 2.45) is 0 Å². The molecule has 1 aromatic heterocycles. The van der Waals surface area contributed by atoms with Gasteiger partial charge in [0.2, 0.25) is 0 Å². The van der Waals surface area contributed by atoms with Crippen LogP contribution < -0.4 is 5.32 Å². The van der Waals surface area contributed by atoms with Gasteiger partial charge in [-0.15, -0.1) is 0 Å². The van der Waals surface area contributed by atoms with Crippen molar-refractivity contribution in [1.82, 2.24) is 14.9 Å². The van der Waals surface area contributed by atoms with Crippen molar-refractivity contribution < 1.29 is 4.79 Å². The summed E-state index contributed by atoms with van der Waals surface area (Å²) in [5.74, 6) is 0.851. The molecule has 4 rings (SSSR count). The molecule has 5 heteroatoms. The SMILES string of the molecule is CC(C)(C)c1ccc(Cn2c(CCNC(=O)c3ccc(Cl)cc3)nc3ccccc32)cc1. The van der Waals surface area contributed by atoms with Crippen molar-refractivity contribution in [1.29, 1.82) is 0 Å². The molecule has 1 amide bonds. The molecule has 0 atom stereocenters. The van der Waals surface area contributed by atoms with E-state index in [9.17, 15) is 4.79 Å². The fourth-order valence-electron chi connectivity index (χ4n) is 3.78. The van der Waals surface area contributed by atoms with Crippen molar-refractivity contribution in [3.05, 3.63) is 100 Å². The zero-order valence-corrected chi connectivity index (χ0v) is 19.5. The monoisotopic (exact) mass is 445 g/mol. The summed E-state index contributed by atoms with van der Waals surface area (Å²) in [4.78, 5) is 17.3. The van der Waals surface area contributed by atoms with Gasteiger partial charge in [0.15, 0.2) is 0 Å². The maximum atomic E-state index is 12.4. The molecule has 0 saturated carbocycles. The number of nitrogens with one attached hydrogen (secondary N) is 1. The molecular weight excluding hydrogens is 418 g/mol. The van der Waals surface area contributed by atoms with Crippen LogP contribution in [0.5, 0.6) is 0 Å². The van der Waals surface area contributed by atoms with Gasteiger partial charge in [-0.05, 0) is 52.9 Å². The zero-order valence-electron chi connectivity index (χ0n) is 18.7. The van der Waals surface area contributed by atoms with Crippen molar-refractivity contribution in [2.75, 3.05) is 6.54 Å². The van der Waals surface area contributed by atoms with Crippen molar-refractivity contribution >= 4 is 28.5 Å². The summed E-state index contributed by atoms with van der Waals surface area (Å²) < 4.78 is 2.25. The topological polar surface area (TPSA) is 46.9 Å². The van der Waals surface area contributed by atoms with Crippen LogP contribution in [0.2, 0.25) is 5.02 Å². The lowest BCUT2D eigenvalue weighted by atomic mass is 9.87. The predicted octanol–water partition coefficient (Wildman–Crippen LogP) is 6.01. The van der Waals surface area contributed by atoms with E-state index in [4.69, 9.17) is 16.6 Å². The first-order chi connectivity index (χ1) is 15.3. The zero-order chi connectivity index (χ0) is 22.7. The highest BCUT2D eigenvalue weighted by Gasteiger charge is 2.15. The molecule has 0 radical (unpaired) electrons. The van der Waals surface area contributed by atoms with Gasteiger partial charge in [0.1, 0.15) is 5.82 Å². The number of hydrogen-bond acceptors (Lipinski definition) is 2. The van der Waals surface area contributed by atoms with E-state index in [1.165, 1.54) is 11.1 Å². The Bertz CT molecular complexity index is 1220. The van der Waals surface area contributed by atoms with Gasteiger partial charge in [0, 0.05) is 30.1 Å². The Balaban J connectivity index is 1.51. The minimum absolute atomic E-state index is 0.109. The number of halogens is 1. The van der Waals surface area contributed by atoms with Crippen LogP contribution in [-0.2, 0) is 18.4 Å². The van der Waals surface area contributed by atoms with Crippen LogP contribution in [0.1, 0.15) is 48.1 Å². The molecule has 3 aromatic carbocycles. The van der Waals surface area contributed by atoms with E-state index < -0.39 is 0 Å². The molecule has 0 aliphatic heterocycles. The van der Waals surface area contributed by atoms with E-state index in [1.54, 1.807) is 24.3 Å². The van der Waals surface area contributed by atoms with Gasteiger partial charge in [-0.1, -0.05) is 68.8 Å². The van der Waals surface area contributed by atoms with Crippen LogP contribution in [0.3, 0.4) is 0 Å². The summed E-state index contributed by atoms with van der Waals surface area (Å²) in [6.07, 6.45) is 0.647. The largest absolute Gasteiger partial charge is 0.352 e. The highest BCUT2D eigenvalue weighted by molar-refractivity contribution is 6.30. The van der Waals surface area contributed by atoms with E-state index in [-0.39, 0.29) is 11.3 Å². The lowest BCUT2D eigenvalue weighted by Crippen LogP contribution is -2.26. The molecule has 1 heterocycles. The summed E-state index contributed by atoms with van der Waals surface area (Å²) in [6, 6.07) is 23.9. The molecule has 0 saturated heterocycles. The number of aromatic nitrogens is 2. The van der Waals surface area contributed by atoms with E-state index in [0.29, 0.717) is 23.6 Å². The third-order valence-electron chi connectivity index (χ3n) is 5.63.